The van der Waals surface area contributed by atoms with Gasteiger partial charge in [0.15, 0.2) is 0 Å². The second-order valence-electron chi connectivity index (χ2n) is 6.42. The minimum atomic E-state index is -0.510. The summed E-state index contributed by atoms with van der Waals surface area (Å²) in [6, 6.07) is 8.52. The maximum Gasteiger partial charge on any atom is 0.278 e. The van der Waals surface area contributed by atoms with Gasteiger partial charge in [-0.15, -0.1) is 0 Å². The number of fused-ring (bicyclic) bond motifs is 1. The summed E-state index contributed by atoms with van der Waals surface area (Å²) in [6.07, 6.45) is 5.34. The van der Waals surface area contributed by atoms with Gasteiger partial charge in [-0.2, -0.15) is 0 Å². The van der Waals surface area contributed by atoms with Crippen LogP contribution in [0.5, 0.6) is 0 Å². The summed E-state index contributed by atoms with van der Waals surface area (Å²) in [5, 5.41) is 11.8. The van der Waals surface area contributed by atoms with Gasteiger partial charge in [0.2, 0.25) is 0 Å². The van der Waals surface area contributed by atoms with Crippen LogP contribution in [0.3, 0.4) is 0 Å². The highest BCUT2D eigenvalue weighted by Gasteiger charge is 2.25. The van der Waals surface area contributed by atoms with Crippen molar-refractivity contribution in [2.45, 2.75) is 18.8 Å². The first-order valence-electron chi connectivity index (χ1n) is 8.72. The fourth-order valence-corrected chi connectivity index (χ4v) is 2.97. The molecule has 27 heavy (non-hydrogen) atoms. The molecule has 0 atom stereocenters. The maximum atomic E-state index is 14.6. The van der Waals surface area contributed by atoms with Crippen molar-refractivity contribution < 1.29 is 19.1 Å². The van der Waals surface area contributed by atoms with E-state index in [9.17, 15) is 9.18 Å². The van der Waals surface area contributed by atoms with E-state index in [1.807, 2.05) is 6.07 Å². The van der Waals surface area contributed by atoms with Crippen LogP contribution in [-0.2, 0) is 4.84 Å². The summed E-state index contributed by atoms with van der Waals surface area (Å²) < 4.78 is 16.2. The van der Waals surface area contributed by atoms with Gasteiger partial charge < -0.3 is 10.4 Å². The van der Waals surface area contributed by atoms with Crippen LogP contribution in [0.2, 0.25) is 0 Å². The Hall–Kier alpha value is -2.97. The molecule has 1 saturated carbocycles. The second kappa shape index (κ2) is 7.34. The Bertz CT molecular complexity index is 984. The molecule has 0 unspecified atom stereocenters. The van der Waals surface area contributed by atoms with Gasteiger partial charge in [0.1, 0.15) is 18.0 Å². The molecule has 0 spiro atoms. The maximum absolute atomic E-state index is 14.6. The molecule has 140 valence electrons. The van der Waals surface area contributed by atoms with E-state index in [1.165, 1.54) is 6.07 Å². The minimum absolute atomic E-state index is 0.0271. The molecule has 7 nitrogen and oxygen atoms in total. The van der Waals surface area contributed by atoms with Crippen LogP contribution in [0, 0.1) is 5.82 Å². The molecular formula is C19H19FN4O3. The number of hydrogen-bond donors (Lipinski definition) is 3. The van der Waals surface area contributed by atoms with Gasteiger partial charge in [-0.25, -0.2) is 14.9 Å². The van der Waals surface area contributed by atoms with Crippen molar-refractivity contribution in [3.05, 3.63) is 59.8 Å². The van der Waals surface area contributed by atoms with Crippen molar-refractivity contribution in [1.82, 2.24) is 14.9 Å². The lowest BCUT2D eigenvalue weighted by Crippen LogP contribution is -2.25. The average Bonchev–Trinajstić information content (AvgIpc) is 3.46. The standard InChI is InChI=1S/C19H19FN4O3/c20-16-9-13(12-1-2-12)3-4-17(16)22-18-15(19(26)23-27-8-7-25)10-14-5-6-21-11-24(14)18/h3-6,9-12,22,25H,1-2,7-8H2,(H,23,26). The molecule has 8 heteroatoms. The van der Waals surface area contributed by atoms with Gasteiger partial charge in [-0.05, 0) is 48.6 Å². The van der Waals surface area contributed by atoms with E-state index in [2.05, 4.69) is 15.8 Å². The Morgan fingerprint density at radius 1 is 1.33 bits per heavy atom. The van der Waals surface area contributed by atoms with Crippen molar-refractivity contribution in [2.75, 3.05) is 18.5 Å². The lowest BCUT2D eigenvalue weighted by atomic mass is 10.1. The number of carbonyl (C=O) groups is 1. The van der Waals surface area contributed by atoms with Gasteiger partial charge in [0, 0.05) is 6.20 Å². The van der Waals surface area contributed by atoms with Crippen LogP contribution >= 0.6 is 0 Å². The molecule has 0 bridgehead atoms. The zero-order chi connectivity index (χ0) is 18.8. The molecule has 1 aromatic carbocycles. The molecule has 4 rings (SSSR count). The monoisotopic (exact) mass is 370 g/mol. The van der Waals surface area contributed by atoms with Gasteiger partial charge in [0.25, 0.3) is 5.91 Å². The van der Waals surface area contributed by atoms with E-state index in [4.69, 9.17) is 9.94 Å². The zero-order valence-corrected chi connectivity index (χ0v) is 14.5. The first kappa shape index (κ1) is 17.4. The zero-order valence-electron chi connectivity index (χ0n) is 14.5. The number of halogens is 1. The van der Waals surface area contributed by atoms with E-state index in [0.29, 0.717) is 11.7 Å². The second-order valence-corrected chi connectivity index (χ2v) is 6.42. The average molecular weight is 370 g/mol. The van der Waals surface area contributed by atoms with Gasteiger partial charge in [-0.1, -0.05) is 6.07 Å². The number of amides is 1. The summed E-state index contributed by atoms with van der Waals surface area (Å²) >= 11 is 0. The lowest BCUT2D eigenvalue weighted by Gasteiger charge is -2.12. The summed E-state index contributed by atoms with van der Waals surface area (Å²) in [6.45, 7) is -0.244. The predicted octanol–water partition coefficient (Wildman–Crippen LogP) is 2.75. The molecule has 0 aliphatic heterocycles. The summed E-state index contributed by atoms with van der Waals surface area (Å²) in [4.78, 5) is 21.4. The molecule has 3 N–H and O–H groups in total. The van der Waals surface area contributed by atoms with E-state index in [1.54, 1.807) is 35.1 Å². The fraction of sp³-hybridized carbons (Fsp3) is 0.263. The van der Waals surface area contributed by atoms with Crippen molar-refractivity contribution >= 4 is 22.9 Å². The number of aliphatic hydroxyl groups is 1. The molecule has 3 aromatic rings. The lowest BCUT2D eigenvalue weighted by molar-refractivity contribution is 0.0169. The Morgan fingerprint density at radius 3 is 2.93 bits per heavy atom. The number of nitrogens with zero attached hydrogens (tertiary/aromatic N) is 2. The Balaban J connectivity index is 1.67. The predicted molar refractivity (Wildman–Crippen MR) is 97.4 cm³/mol. The number of rotatable bonds is 7. The smallest absolute Gasteiger partial charge is 0.278 e. The van der Waals surface area contributed by atoms with Gasteiger partial charge in [0.05, 0.1) is 30.0 Å². The first-order valence-corrected chi connectivity index (χ1v) is 8.72. The van der Waals surface area contributed by atoms with Crippen molar-refractivity contribution in [3.63, 3.8) is 0 Å². The third-order valence-corrected chi connectivity index (χ3v) is 4.48. The van der Waals surface area contributed by atoms with Crippen LogP contribution in [-0.4, -0.2) is 33.6 Å². The molecule has 0 radical (unpaired) electrons. The van der Waals surface area contributed by atoms with Crippen LogP contribution < -0.4 is 10.8 Å². The third kappa shape index (κ3) is 3.62. The number of carbonyl (C=O) groups excluding carboxylic acids is 1. The van der Waals surface area contributed by atoms with E-state index in [0.717, 1.165) is 23.9 Å². The Kier molecular flexibility index (Phi) is 4.74. The topological polar surface area (TPSA) is 87.9 Å². The molecule has 1 aliphatic rings. The highest BCUT2D eigenvalue weighted by atomic mass is 19.1. The van der Waals surface area contributed by atoms with Crippen molar-refractivity contribution in [2.24, 2.45) is 0 Å². The molecule has 2 heterocycles. The molecule has 1 amide bonds. The van der Waals surface area contributed by atoms with Crippen LogP contribution in [0.15, 0.2) is 42.9 Å². The molecular weight excluding hydrogens is 351 g/mol. The van der Waals surface area contributed by atoms with E-state index < -0.39 is 5.91 Å². The normalized spacial score (nSPS) is 13.7. The molecule has 0 saturated heterocycles. The SMILES string of the molecule is O=C(NOCCO)c1cc2ccncn2c1Nc1ccc(C2CC2)cc1F. The number of aromatic nitrogens is 2. The van der Waals surface area contributed by atoms with E-state index in [-0.39, 0.29) is 30.3 Å². The van der Waals surface area contributed by atoms with Crippen LogP contribution in [0.4, 0.5) is 15.9 Å². The first-order chi connectivity index (χ1) is 13.2. The molecule has 2 aromatic heterocycles. The third-order valence-electron chi connectivity index (χ3n) is 4.48. The number of nitrogens with one attached hydrogen (secondary N) is 2. The largest absolute Gasteiger partial charge is 0.394 e. The molecule has 1 fully saturated rings. The Labute approximate surface area is 154 Å². The number of anilines is 2. The quantitative estimate of drug-likeness (QED) is 0.440. The minimum Gasteiger partial charge on any atom is -0.394 e. The molecule has 1 aliphatic carbocycles. The summed E-state index contributed by atoms with van der Waals surface area (Å²) in [5.74, 6) is -0.0519. The number of hydroxylamine groups is 1. The summed E-state index contributed by atoms with van der Waals surface area (Å²) in [7, 11) is 0. The van der Waals surface area contributed by atoms with Crippen LogP contribution in [0.25, 0.3) is 5.52 Å². The highest BCUT2D eigenvalue weighted by Crippen LogP contribution is 2.41. The fourth-order valence-electron chi connectivity index (χ4n) is 2.97. The number of hydrogen-bond acceptors (Lipinski definition) is 5. The summed E-state index contributed by atoms with van der Waals surface area (Å²) in [5.41, 5.74) is 4.52. The Morgan fingerprint density at radius 2 is 2.19 bits per heavy atom. The number of aliphatic hydroxyl groups excluding tert-OH is 1. The van der Waals surface area contributed by atoms with Crippen molar-refractivity contribution in [3.8, 4) is 0 Å². The van der Waals surface area contributed by atoms with Crippen LogP contribution in [0.1, 0.15) is 34.7 Å². The van der Waals surface area contributed by atoms with Gasteiger partial charge in [-0.3, -0.25) is 14.0 Å². The highest BCUT2D eigenvalue weighted by molar-refractivity contribution is 6.01. The number of benzene rings is 1. The van der Waals surface area contributed by atoms with E-state index >= 15 is 0 Å². The van der Waals surface area contributed by atoms with Gasteiger partial charge >= 0.3 is 0 Å². The van der Waals surface area contributed by atoms with Crippen molar-refractivity contribution in [1.29, 1.82) is 0 Å².